The third-order valence-electron chi connectivity index (χ3n) is 2.18. The topological polar surface area (TPSA) is 47.3 Å². The van der Waals surface area contributed by atoms with Gasteiger partial charge >= 0.3 is 0 Å². The van der Waals surface area contributed by atoms with E-state index in [1.165, 1.54) is 0 Å². The van der Waals surface area contributed by atoms with Crippen molar-refractivity contribution in [3.05, 3.63) is 30.0 Å². The SMILES string of the molecule is CCc1oc2ccccc2c1S(=O)(=O)Cl. The molecule has 80 valence electrons. The van der Waals surface area contributed by atoms with Crippen molar-refractivity contribution in [3.8, 4) is 0 Å². The van der Waals surface area contributed by atoms with Gasteiger partial charge in [-0.3, -0.25) is 0 Å². The van der Waals surface area contributed by atoms with Crippen LogP contribution in [0.25, 0.3) is 11.0 Å². The van der Waals surface area contributed by atoms with E-state index in [1.807, 2.05) is 6.92 Å². The number of rotatable bonds is 2. The van der Waals surface area contributed by atoms with E-state index in [9.17, 15) is 8.42 Å². The van der Waals surface area contributed by atoms with Crippen LogP contribution in [0.3, 0.4) is 0 Å². The van der Waals surface area contributed by atoms with Crippen LogP contribution in [0, 0.1) is 0 Å². The molecular formula is C10H9ClO3S. The van der Waals surface area contributed by atoms with Crippen LogP contribution in [0.1, 0.15) is 12.7 Å². The van der Waals surface area contributed by atoms with Gasteiger partial charge in [0.1, 0.15) is 16.2 Å². The van der Waals surface area contributed by atoms with Crippen molar-refractivity contribution in [1.29, 1.82) is 0 Å². The first kappa shape index (κ1) is 10.5. The van der Waals surface area contributed by atoms with Gasteiger partial charge in [0.05, 0.1) is 0 Å². The average molecular weight is 245 g/mol. The Morgan fingerprint density at radius 3 is 2.60 bits per heavy atom. The summed E-state index contributed by atoms with van der Waals surface area (Å²) < 4.78 is 28.2. The van der Waals surface area contributed by atoms with Crippen molar-refractivity contribution in [1.82, 2.24) is 0 Å². The van der Waals surface area contributed by atoms with E-state index in [0.717, 1.165) is 0 Å². The maximum absolute atomic E-state index is 11.4. The predicted molar refractivity (Wildman–Crippen MR) is 58.6 cm³/mol. The maximum Gasteiger partial charge on any atom is 0.265 e. The van der Waals surface area contributed by atoms with Crippen molar-refractivity contribution in [2.75, 3.05) is 0 Å². The Morgan fingerprint density at radius 1 is 1.33 bits per heavy atom. The zero-order valence-electron chi connectivity index (χ0n) is 8.03. The summed E-state index contributed by atoms with van der Waals surface area (Å²) in [7, 11) is 1.62. The van der Waals surface area contributed by atoms with Crippen molar-refractivity contribution in [3.63, 3.8) is 0 Å². The molecule has 0 fully saturated rings. The molecule has 3 nitrogen and oxygen atoms in total. The monoisotopic (exact) mass is 244 g/mol. The third-order valence-corrected chi connectivity index (χ3v) is 3.58. The minimum atomic E-state index is -3.75. The molecule has 0 saturated carbocycles. The molecule has 0 amide bonds. The first-order valence-corrected chi connectivity index (χ1v) is 6.80. The van der Waals surface area contributed by atoms with Crippen LogP contribution in [0.2, 0.25) is 0 Å². The number of furan rings is 1. The minimum Gasteiger partial charge on any atom is -0.460 e. The number of para-hydroxylation sites is 1. The van der Waals surface area contributed by atoms with Crippen LogP contribution >= 0.6 is 10.7 Å². The fourth-order valence-electron chi connectivity index (χ4n) is 1.57. The normalized spacial score (nSPS) is 12.1. The van der Waals surface area contributed by atoms with E-state index in [1.54, 1.807) is 24.3 Å². The number of benzene rings is 1. The molecule has 2 rings (SSSR count). The molecule has 1 aromatic carbocycles. The molecule has 2 aromatic rings. The van der Waals surface area contributed by atoms with Gasteiger partial charge in [0.2, 0.25) is 0 Å². The molecule has 0 aliphatic carbocycles. The fraction of sp³-hybridized carbons (Fsp3) is 0.200. The van der Waals surface area contributed by atoms with E-state index in [4.69, 9.17) is 15.1 Å². The van der Waals surface area contributed by atoms with Crippen molar-refractivity contribution in [2.24, 2.45) is 0 Å². The summed E-state index contributed by atoms with van der Waals surface area (Å²) in [5.74, 6) is 0.409. The van der Waals surface area contributed by atoms with Crippen molar-refractivity contribution < 1.29 is 12.8 Å². The van der Waals surface area contributed by atoms with E-state index in [-0.39, 0.29) is 4.90 Å². The predicted octanol–water partition coefficient (Wildman–Crippen LogP) is 2.92. The molecule has 0 N–H and O–H groups in total. The van der Waals surface area contributed by atoms with Gasteiger partial charge in [-0.2, -0.15) is 0 Å². The second-order valence-corrected chi connectivity index (χ2v) is 5.64. The molecule has 1 aromatic heterocycles. The Hall–Kier alpha value is -1.00. The number of hydrogen-bond donors (Lipinski definition) is 0. The van der Waals surface area contributed by atoms with Crippen LogP contribution in [0.15, 0.2) is 33.6 Å². The molecule has 0 atom stereocenters. The number of aryl methyl sites for hydroxylation is 1. The second-order valence-electron chi connectivity index (χ2n) is 3.14. The van der Waals surface area contributed by atoms with E-state index in [2.05, 4.69) is 0 Å². The van der Waals surface area contributed by atoms with Gasteiger partial charge in [-0.1, -0.05) is 19.1 Å². The molecule has 0 radical (unpaired) electrons. The Bertz CT molecular complexity index is 598. The number of fused-ring (bicyclic) bond motifs is 1. The van der Waals surface area contributed by atoms with E-state index >= 15 is 0 Å². The summed E-state index contributed by atoms with van der Waals surface area (Å²) in [6, 6.07) is 6.95. The lowest BCUT2D eigenvalue weighted by Gasteiger charge is -1.94. The summed E-state index contributed by atoms with van der Waals surface area (Å²) in [5, 5.41) is 0.546. The van der Waals surface area contributed by atoms with Crippen LogP contribution < -0.4 is 0 Å². The van der Waals surface area contributed by atoms with Crippen molar-refractivity contribution in [2.45, 2.75) is 18.2 Å². The van der Waals surface area contributed by atoms with E-state index in [0.29, 0.717) is 23.2 Å². The van der Waals surface area contributed by atoms with Crippen LogP contribution in [-0.4, -0.2) is 8.42 Å². The summed E-state index contributed by atoms with van der Waals surface area (Å²) in [5.41, 5.74) is 0.550. The molecular weight excluding hydrogens is 236 g/mol. The highest BCUT2D eigenvalue weighted by atomic mass is 35.7. The Balaban J connectivity index is 2.91. The number of hydrogen-bond acceptors (Lipinski definition) is 3. The average Bonchev–Trinajstić information content (AvgIpc) is 2.54. The van der Waals surface area contributed by atoms with Gasteiger partial charge in [-0.25, -0.2) is 8.42 Å². The maximum atomic E-state index is 11.4. The Kier molecular flexibility index (Phi) is 2.48. The van der Waals surface area contributed by atoms with Crippen LogP contribution in [-0.2, 0) is 15.5 Å². The van der Waals surface area contributed by atoms with Gasteiger partial charge < -0.3 is 4.42 Å². The zero-order chi connectivity index (χ0) is 11.1. The first-order valence-electron chi connectivity index (χ1n) is 4.49. The molecule has 5 heteroatoms. The molecule has 0 spiro atoms. The first-order chi connectivity index (χ1) is 7.04. The largest absolute Gasteiger partial charge is 0.460 e. The van der Waals surface area contributed by atoms with Crippen molar-refractivity contribution >= 4 is 30.7 Å². The highest BCUT2D eigenvalue weighted by Crippen LogP contribution is 2.32. The van der Waals surface area contributed by atoms with Gasteiger partial charge in [0, 0.05) is 22.5 Å². The van der Waals surface area contributed by atoms with Gasteiger partial charge in [-0.15, -0.1) is 0 Å². The number of halogens is 1. The molecule has 0 aliphatic heterocycles. The molecule has 1 heterocycles. The smallest absolute Gasteiger partial charge is 0.265 e. The molecule has 15 heavy (non-hydrogen) atoms. The van der Waals surface area contributed by atoms with Gasteiger partial charge in [-0.05, 0) is 12.1 Å². The zero-order valence-corrected chi connectivity index (χ0v) is 9.60. The highest BCUT2D eigenvalue weighted by Gasteiger charge is 2.22. The molecule has 0 bridgehead atoms. The lowest BCUT2D eigenvalue weighted by atomic mass is 10.2. The third kappa shape index (κ3) is 1.75. The quantitative estimate of drug-likeness (QED) is 0.763. The lowest BCUT2D eigenvalue weighted by molar-refractivity contribution is 0.540. The summed E-state index contributed by atoms with van der Waals surface area (Å²) in [6.07, 6.45) is 0.496. The summed E-state index contributed by atoms with van der Waals surface area (Å²) in [6.45, 7) is 1.82. The standard InChI is InChI=1S/C10H9ClO3S/c1-2-8-10(15(11,12)13)7-5-3-4-6-9(7)14-8/h3-6H,2H2,1H3. The highest BCUT2D eigenvalue weighted by molar-refractivity contribution is 8.14. The van der Waals surface area contributed by atoms with E-state index < -0.39 is 9.05 Å². The Morgan fingerprint density at radius 2 is 2.00 bits per heavy atom. The molecule has 0 aliphatic rings. The minimum absolute atomic E-state index is 0.0993. The second kappa shape index (κ2) is 3.54. The van der Waals surface area contributed by atoms with Gasteiger partial charge in [0.15, 0.2) is 0 Å². The molecule has 0 saturated heterocycles. The summed E-state index contributed by atoms with van der Waals surface area (Å²) >= 11 is 0. The summed E-state index contributed by atoms with van der Waals surface area (Å²) in [4.78, 5) is 0.0993. The fourth-order valence-corrected chi connectivity index (χ4v) is 2.97. The lowest BCUT2D eigenvalue weighted by Crippen LogP contribution is -1.93. The van der Waals surface area contributed by atoms with Crippen LogP contribution in [0.5, 0.6) is 0 Å². The molecule has 0 unspecified atom stereocenters. The van der Waals surface area contributed by atoms with Gasteiger partial charge in [0.25, 0.3) is 9.05 Å². The van der Waals surface area contributed by atoms with Crippen LogP contribution in [0.4, 0.5) is 0 Å². The Labute approximate surface area is 92.1 Å².